The number of primary amides is 1. The highest BCUT2D eigenvalue weighted by molar-refractivity contribution is 5.92. The summed E-state index contributed by atoms with van der Waals surface area (Å²) in [5.74, 6) is -0.491. The topological polar surface area (TPSA) is 94.3 Å². The Kier molecular flexibility index (Phi) is 6.31. The molecule has 0 saturated carbocycles. The van der Waals surface area contributed by atoms with E-state index in [0.717, 1.165) is 11.3 Å². The zero-order valence-electron chi connectivity index (χ0n) is 13.6. The molecular formula is C18H21N3O3. The summed E-state index contributed by atoms with van der Waals surface area (Å²) in [7, 11) is 0. The third kappa shape index (κ3) is 5.08. The summed E-state index contributed by atoms with van der Waals surface area (Å²) in [5.41, 5.74) is 6.72. The fourth-order valence-electron chi connectivity index (χ4n) is 2.25. The number of hydrogen-bond donors (Lipinski definition) is 2. The molecule has 1 aromatic carbocycles. The molecule has 0 bridgehead atoms. The molecule has 6 heteroatoms. The smallest absolute Gasteiger partial charge is 0.269 e. The van der Waals surface area contributed by atoms with E-state index in [1.54, 1.807) is 24.4 Å². The minimum Gasteiger partial charge on any atom is -0.494 e. The summed E-state index contributed by atoms with van der Waals surface area (Å²) >= 11 is 0. The molecule has 6 nitrogen and oxygen atoms in total. The Morgan fingerprint density at radius 3 is 2.54 bits per heavy atom. The average molecular weight is 327 g/mol. The molecule has 1 atom stereocenters. The van der Waals surface area contributed by atoms with Gasteiger partial charge in [0.2, 0.25) is 5.91 Å². The second kappa shape index (κ2) is 8.67. The van der Waals surface area contributed by atoms with Crippen LogP contribution in [-0.2, 0) is 11.2 Å². The Morgan fingerprint density at radius 1 is 1.21 bits per heavy atom. The molecule has 2 aromatic rings. The van der Waals surface area contributed by atoms with Crippen molar-refractivity contribution in [2.24, 2.45) is 11.7 Å². The molecule has 0 aliphatic carbocycles. The zero-order chi connectivity index (χ0) is 17.4. The second-order valence-corrected chi connectivity index (χ2v) is 5.31. The third-order valence-corrected chi connectivity index (χ3v) is 3.53. The van der Waals surface area contributed by atoms with Gasteiger partial charge in [0.05, 0.1) is 12.5 Å². The Labute approximate surface area is 141 Å². The Balaban J connectivity index is 1.94. The largest absolute Gasteiger partial charge is 0.494 e. The van der Waals surface area contributed by atoms with E-state index in [2.05, 4.69) is 10.3 Å². The van der Waals surface area contributed by atoms with Gasteiger partial charge in [0, 0.05) is 12.7 Å². The lowest BCUT2D eigenvalue weighted by atomic mass is 9.98. The number of aromatic nitrogens is 1. The van der Waals surface area contributed by atoms with Crippen LogP contribution >= 0.6 is 0 Å². The van der Waals surface area contributed by atoms with Crippen LogP contribution in [0.4, 0.5) is 0 Å². The van der Waals surface area contributed by atoms with Crippen molar-refractivity contribution in [2.45, 2.75) is 13.3 Å². The van der Waals surface area contributed by atoms with Gasteiger partial charge in [-0.2, -0.15) is 0 Å². The first-order valence-electron chi connectivity index (χ1n) is 7.80. The maximum absolute atomic E-state index is 12.0. The quantitative estimate of drug-likeness (QED) is 0.769. The van der Waals surface area contributed by atoms with Gasteiger partial charge in [0.25, 0.3) is 5.91 Å². The van der Waals surface area contributed by atoms with Crippen molar-refractivity contribution in [3.05, 3.63) is 59.9 Å². The molecule has 3 N–H and O–H groups in total. The Hall–Kier alpha value is -2.89. The summed E-state index contributed by atoms with van der Waals surface area (Å²) in [4.78, 5) is 27.6. The molecule has 0 aliphatic rings. The predicted octanol–water partition coefficient (Wildman–Crippen LogP) is 1.55. The van der Waals surface area contributed by atoms with Crippen LogP contribution in [0.25, 0.3) is 0 Å². The van der Waals surface area contributed by atoms with E-state index < -0.39 is 11.8 Å². The average Bonchev–Trinajstić information content (AvgIpc) is 2.60. The molecule has 24 heavy (non-hydrogen) atoms. The van der Waals surface area contributed by atoms with Gasteiger partial charge in [0.15, 0.2) is 0 Å². The number of carbonyl (C=O) groups is 2. The lowest BCUT2D eigenvalue weighted by molar-refractivity contribution is -0.121. The van der Waals surface area contributed by atoms with Gasteiger partial charge in [-0.25, -0.2) is 0 Å². The van der Waals surface area contributed by atoms with Crippen molar-refractivity contribution in [3.8, 4) is 5.75 Å². The van der Waals surface area contributed by atoms with E-state index in [9.17, 15) is 9.59 Å². The zero-order valence-corrected chi connectivity index (χ0v) is 13.6. The van der Waals surface area contributed by atoms with Crippen molar-refractivity contribution in [3.63, 3.8) is 0 Å². The standard InChI is InChI=1S/C18H21N3O3/c1-2-24-15-8-6-13(7-9-15)11-14(17(19)22)12-21-18(23)16-5-3-4-10-20-16/h3-10,14H,2,11-12H2,1H3,(H2,19,22)(H,21,23). The van der Waals surface area contributed by atoms with Gasteiger partial charge in [-0.1, -0.05) is 18.2 Å². The lowest BCUT2D eigenvalue weighted by Crippen LogP contribution is -2.37. The number of amides is 2. The number of nitrogens with two attached hydrogens (primary N) is 1. The summed E-state index contributed by atoms with van der Waals surface area (Å²) in [6.45, 7) is 2.68. The summed E-state index contributed by atoms with van der Waals surface area (Å²) in [6.07, 6.45) is 1.99. The fraction of sp³-hybridized carbons (Fsp3) is 0.278. The highest BCUT2D eigenvalue weighted by atomic mass is 16.5. The molecule has 1 unspecified atom stereocenters. The van der Waals surface area contributed by atoms with Gasteiger partial charge < -0.3 is 15.8 Å². The van der Waals surface area contributed by atoms with Crippen LogP contribution in [0, 0.1) is 5.92 Å². The number of benzene rings is 1. The SMILES string of the molecule is CCOc1ccc(CC(CNC(=O)c2ccccn2)C(N)=O)cc1. The van der Waals surface area contributed by atoms with Gasteiger partial charge in [0.1, 0.15) is 11.4 Å². The van der Waals surface area contributed by atoms with Crippen LogP contribution < -0.4 is 15.8 Å². The summed E-state index contributed by atoms with van der Waals surface area (Å²) < 4.78 is 5.39. The third-order valence-electron chi connectivity index (χ3n) is 3.53. The number of ether oxygens (including phenoxy) is 1. The van der Waals surface area contributed by atoms with Crippen molar-refractivity contribution < 1.29 is 14.3 Å². The maximum Gasteiger partial charge on any atom is 0.269 e. The molecule has 1 aromatic heterocycles. The van der Waals surface area contributed by atoms with Crippen molar-refractivity contribution in [1.82, 2.24) is 10.3 Å². The summed E-state index contributed by atoms with van der Waals surface area (Å²) in [6, 6.07) is 12.6. The van der Waals surface area contributed by atoms with E-state index in [-0.39, 0.29) is 12.5 Å². The fourth-order valence-corrected chi connectivity index (χ4v) is 2.25. The number of nitrogens with zero attached hydrogens (tertiary/aromatic N) is 1. The molecule has 0 radical (unpaired) electrons. The van der Waals surface area contributed by atoms with Crippen LogP contribution in [0.15, 0.2) is 48.7 Å². The van der Waals surface area contributed by atoms with E-state index >= 15 is 0 Å². The first-order chi connectivity index (χ1) is 11.6. The van der Waals surface area contributed by atoms with E-state index in [1.807, 2.05) is 31.2 Å². The van der Waals surface area contributed by atoms with Crippen LogP contribution in [0.1, 0.15) is 23.0 Å². The molecule has 2 amide bonds. The second-order valence-electron chi connectivity index (χ2n) is 5.31. The molecule has 0 fully saturated rings. The van der Waals surface area contributed by atoms with Gasteiger partial charge in [-0.05, 0) is 43.2 Å². The predicted molar refractivity (Wildman–Crippen MR) is 90.6 cm³/mol. The molecule has 0 saturated heterocycles. The molecule has 0 spiro atoms. The van der Waals surface area contributed by atoms with E-state index in [4.69, 9.17) is 10.5 Å². The first-order valence-corrected chi connectivity index (χ1v) is 7.80. The van der Waals surface area contributed by atoms with Crippen molar-refractivity contribution in [1.29, 1.82) is 0 Å². The summed E-state index contributed by atoms with van der Waals surface area (Å²) in [5, 5.41) is 2.71. The number of nitrogens with one attached hydrogen (secondary N) is 1. The van der Waals surface area contributed by atoms with Crippen LogP contribution in [0.5, 0.6) is 5.75 Å². The number of hydrogen-bond acceptors (Lipinski definition) is 4. The Bertz CT molecular complexity index is 672. The van der Waals surface area contributed by atoms with E-state index in [1.165, 1.54) is 0 Å². The van der Waals surface area contributed by atoms with Crippen LogP contribution in [-0.4, -0.2) is 29.9 Å². The molecule has 0 aliphatic heterocycles. The lowest BCUT2D eigenvalue weighted by Gasteiger charge is -2.14. The molecule has 126 valence electrons. The number of carbonyl (C=O) groups excluding carboxylic acids is 2. The first kappa shape index (κ1) is 17.5. The van der Waals surface area contributed by atoms with Crippen molar-refractivity contribution in [2.75, 3.05) is 13.2 Å². The van der Waals surface area contributed by atoms with E-state index in [0.29, 0.717) is 18.7 Å². The highest BCUT2D eigenvalue weighted by Gasteiger charge is 2.18. The maximum atomic E-state index is 12.0. The monoisotopic (exact) mass is 327 g/mol. The molecular weight excluding hydrogens is 306 g/mol. The molecule has 1 heterocycles. The van der Waals surface area contributed by atoms with Crippen LogP contribution in [0.2, 0.25) is 0 Å². The minimum atomic E-state index is -0.490. The van der Waals surface area contributed by atoms with Crippen molar-refractivity contribution >= 4 is 11.8 Å². The van der Waals surface area contributed by atoms with Crippen LogP contribution in [0.3, 0.4) is 0 Å². The number of pyridine rings is 1. The minimum absolute atomic E-state index is 0.165. The normalized spacial score (nSPS) is 11.5. The molecule has 2 rings (SSSR count). The van der Waals surface area contributed by atoms with Gasteiger partial charge in [-0.3, -0.25) is 14.6 Å². The Morgan fingerprint density at radius 2 is 1.96 bits per heavy atom. The number of rotatable bonds is 8. The van der Waals surface area contributed by atoms with Gasteiger partial charge in [-0.15, -0.1) is 0 Å². The van der Waals surface area contributed by atoms with Gasteiger partial charge >= 0.3 is 0 Å². The highest BCUT2D eigenvalue weighted by Crippen LogP contribution is 2.15.